The minimum absolute atomic E-state index is 0.201. The molecular weight excluding hydrogens is 450 g/mol. The Kier molecular flexibility index (Phi) is 6.18. The monoisotopic (exact) mass is 473 g/mol. The predicted molar refractivity (Wildman–Crippen MR) is 128 cm³/mol. The van der Waals surface area contributed by atoms with Crippen molar-refractivity contribution in [3.05, 3.63) is 78.1 Å². The van der Waals surface area contributed by atoms with Crippen LogP contribution in [-0.4, -0.2) is 39.6 Å². The number of ether oxygens (including phenoxy) is 3. The maximum absolute atomic E-state index is 12.4. The predicted octanol–water partition coefficient (Wildman–Crippen LogP) is 4.07. The van der Waals surface area contributed by atoms with Gasteiger partial charge < -0.3 is 34.9 Å². The van der Waals surface area contributed by atoms with Crippen LogP contribution in [0.25, 0.3) is 11.3 Å². The molecule has 0 spiro atoms. The van der Waals surface area contributed by atoms with E-state index in [0.29, 0.717) is 23.1 Å². The molecule has 5 rings (SSSR count). The zero-order valence-electron chi connectivity index (χ0n) is 18.8. The van der Waals surface area contributed by atoms with Crippen LogP contribution in [-0.2, 0) is 0 Å². The number of H-pyrrole nitrogens is 1. The van der Waals surface area contributed by atoms with Crippen molar-refractivity contribution in [3.63, 3.8) is 0 Å². The molecule has 4 aromatic rings. The molecule has 0 saturated heterocycles. The molecule has 2 aromatic heterocycles. The number of hydrogen-bond donors (Lipinski definition) is 4. The average Bonchev–Trinajstić information content (AvgIpc) is 3.53. The first kappa shape index (κ1) is 22.2. The van der Waals surface area contributed by atoms with Gasteiger partial charge in [0, 0.05) is 35.8 Å². The largest absolute Gasteiger partial charge is 0.454 e. The number of nitrogens with zero attached hydrogens (tertiary/aromatic N) is 2. The van der Waals surface area contributed by atoms with Crippen molar-refractivity contribution in [1.29, 1.82) is 0 Å². The van der Waals surface area contributed by atoms with Crippen molar-refractivity contribution < 1.29 is 24.1 Å². The Morgan fingerprint density at radius 2 is 2.00 bits per heavy atom. The highest BCUT2D eigenvalue weighted by molar-refractivity contribution is 5.72. The van der Waals surface area contributed by atoms with Crippen LogP contribution in [0.15, 0.2) is 67.0 Å². The number of hydrogen-bond acceptors (Lipinski definition) is 8. The highest BCUT2D eigenvalue weighted by atomic mass is 16.7. The number of rotatable bonds is 7. The normalized spacial score (nSPS) is 12.7. The maximum atomic E-state index is 12.4. The lowest BCUT2D eigenvalue weighted by Crippen LogP contribution is -2.33. The summed E-state index contributed by atoms with van der Waals surface area (Å²) >= 11 is 0. The van der Waals surface area contributed by atoms with E-state index in [1.165, 1.54) is 0 Å². The fourth-order valence-corrected chi connectivity index (χ4v) is 3.66. The van der Waals surface area contributed by atoms with E-state index >= 15 is 0 Å². The number of amides is 1. The Morgan fingerprint density at radius 1 is 1.17 bits per heavy atom. The van der Waals surface area contributed by atoms with Crippen molar-refractivity contribution in [2.75, 3.05) is 18.7 Å². The summed E-state index contributed by atoms with van der Waals surface area (Å²) in [5.41, 5.74) is 3.78. The summed E-state index contributed by atoms with van der Waals surface area (Å²) in [5, 5.41) is 15.5. The molecule has 2 aromatic carbocycles. The molecule has 1 amide bonds. The Hall–Kier alpha value is -4.57. The van der Waals surface area contributed by atoms with Crippen molar-refractivity contribution in [2.45, 2.75) is 13.0 Å². The van der Waals surface area contributed by atoms with Crippen LogP contribution in [0.3, 0.4) is 0 Å². The van der Waals surface area contributed by atoms with Gasteiger partial charge in [0.15, 0.2) is 11.5 Å². The molecule has 3 heterocycles. The van der Waals surface area contributed by atoms with Crippen LogP contribution in [0.5, 0.6) is 17.4 Å². The minimum Gasteiger partial charge on any atom is -0.454 e. The van der Waals surface area contributed by atoms with Crippen molar-refractivity contribution in [1.82, 2.24) is 20.3 Å². The molecule has 178 valence electrons. The first-order valence-corrected chi connectivity index (χ1v) is 10.9. The van der Waals surface area contributed by atoms with Crippen molar-refractivity contribution >= 4 is 17.7 Å². The van der Waals surface area contributed by atoms with Gasteiger partial charge in [-0.2, -0.15) is 0 Å². The maximum Gasteiger partial charge on any atom is 0.414 e. The molecule has 0 fully saturated rings. The van der Waals surface area contributed by atoms with E-state index in [2.05, 4.69) is 25.6 Å². The third-order valence-electron chi connectivity index (χ3n) is 5.41. The lowest BCUT2D eigenvalue weighted by atomic mass is 10.1. The summed E-state index contributed by atoms with van der Waals surface area (Å²) in [6.45, 7) is 1.84. The molecular formula is C25H23N5O5. The SMILES string of the molecule is Cc1cnc(Nc2ccc3c(c2)OCO3)nc1-c1c[nH]c(OC(=O)NC(CO)c2ccccc2)c1. The summed E-state index contributed by atoms with van der Waals surface area (Å²) in [6, 6.07) is 15.8. The molecule has 4 N–H and O–H groups in total. The van der Waals surface area contributed by atoms with E-state index in [9.17, 15) is 9.90 Å². The molecule has 1 unspecified atom stereocenters. The summed E-state index contributed by atoms with van der Waals surface area (Å²) < 4.78 is 16.1. The number of aliphatic hydroxyl groups is 1. The van der Waals surface area contributed by atoms with Gasteiger partial charge in [0.1, 0.15) is 0 Å². The number of fused-ring (bicyclic) bond motifs is 1. The zero-order valence-corrected chi connectivity index (χ0v) is 18.8. The van der Waals surface area contributed by atoms with Crippen LogP contribution in [0.1, 0.15) is 17.2 Å². The van der Waals surface area contributed by atoms with E-state index in [1.807, 2.05) is 55.5 Å². The number of anilines is 2. The van der Waals surface area contributed by atoms with E-state index < -0.39 is 12.1 Å². The molecule has 0 saturated carbocycles. The van der Waals surface area contributed by atoms with Gasteiger partial charge in [0.25, 0.3) is 0 Å². The second-order valence-corrected chi connectivity index (χ2v) is 7.85. The summed E-state index contributed by atoms with van der Waals surface area (Å²) in [4.78, 5) is 24.3. The van der Waals surface area contributed by atoms with Gasteiger partial charge in [-0.3, -0.25) is 0 Å². The van der Waals surface area contributed by atoms with Crippen LogP contribution in [0, 0.1) is 6.92 Å². The lowest BCUT2D eigenvalue weighted by molar-refractivity contribution is 0.174. The summed E-state index contributed by atoms with van der Waals surface area (Å²) in [6.07, 6.45) is 2.72. The van der Waals surface area contributed by atoms with E-state index in [-0.39, 0.29) is 19.3 Å². The summed E-state index contributed by atoms with van der Waals surface area (Å²) in [5.74, 6) is 1.99. The number of aryl methyl sites for hydroxylation is 1. The number of nitrogens with one attached hydrogen (secondary N) is 3. The van der Waals surface area contributed by atoms with Gasteiger partial charge in [-0.1, -0.05) is 30.3 Å². The Morgan fingerprint density at radius 3 is 2.83 bits per heavy atom. The third kappa shape index (κ3) is 5.02. The molecule has 10 heteroatoms. The fourth-order valence-electron chi connectivity index (χ4n) is 3.66. The van der Waals surface area contributed by atoms with Gasteiger partial charge in [-0.15, -0.1) is 0 Å². The second-order valence-electron chi connectivity index (χ2n) is 7.85. The molecule has 35 heavy (non-hydrogen) atoms. The van der Waals surface area contributed by atoms with Crippen LogP contribution >= 0.6 is 0 Å². The van der Waals surface area contributed by atoms with Crippen LogP contribution < -0.4 is 24.8 Å². The first-order chi connectivity index (χ1) is 17.1. The van der Waals surface area contributed by atoms with Crippen molar-refractivity contribution in [2.24, 2.45) is 0 Å². The highest BCUT2D eigenvalue weighted by Crippen LogP contribution is 2.35. The van der Waals surface area contributed by atoms with Crippen molar-refractivity contribution in [3.8, 4) is 28.6 Å². The topological polar surface area (TPSA) is 131 Å². The second kappa shape index (κ2) is 9.74. The van der Waals surface area contributed by atoms with Crippen LogP contribution in [0.2, 0.25) is 0 Å². The number of aromatic amines is 1. The van der Waals surface area contributed by atoms with Gasteiger partial charge in [0.05, 0.1) is 18.3 Å². The zero-order chi connectivity index (χ0) is 24.2. The Labute approximate surface area is 200 Å². The molecule has 0 aliphatic carbocycles. The molecule has 0 bridgehead atoms. The first-order valence-electron chi connectivity index (χ1n) is 10.9. The number of benzene rings is 2. The summed E-state index contributed by atoms with van der Waals surface area (Å²) in [7, 11) is 0. The molecule has 1 atom stereocenters. The highest BCUT2D eigenvalue weighted by Gasteiger charge is 2.17. The van der Waals surface area contributed by atoms with Gasteiger partial charge in [-0.05, 0) is 30.2 Å². The molecule has 1 aliphatic rings. The lowest BCUT2D eigenvalue weighted by Gasteiger charge is -2.15. The van der Waals surface area contributed by atoms with Gasteiger partial charge >= 0.3 is 6.09 Å². The molecule has 0 radical (unpaired) electrons. The van der Waals surface area contributed by atoms with E-state index in [4.69, 9.17) is 14.2 Å². The molecule has 1 aliphatic heterocycles. The number of carbonyl (C=O) groups excluding carboxylic acids is 1. The Bertz CT molecular complexity index is 1340. The van der Waals surface area contributed by atoms with Gasteiger partial charge in [-0.25, -0.2) is 14.8 Å². The number of aromatic nitrogens is 3. The number of carbonyl (C=O) groups is 1. The quantitative estimate of drug-likeness (QED) is 0.316. The van der Waals surface area contributed by atoms with Gasteiger partial charge in [0.2, 0.25) is 18.6 Å². The Balaban J connectivity index is 1.27. The standard InChI is InChI=1S/C25H23N5O5/c1-15-11-27-24(28-18-7-8-20-21(10-18)34-14-33-20)30-23(15)17-9-22(26-12-17)35-25(32)29-19(13-31)16-5-3-2-4-6-16/h2-12,19,26,31H,13-14H2,1H3,(H,29,32)(H,27,28,30). The van der Waals surface area contributed by atoms with Crippen LogP contribution in [0.4, 0.5) is 16.4 Å². The smallest absolute Gasteiger partial charge is 0.414 e. The minimum atomic E-state index is -0.689. The molecule has 10 nitrogen and oxygen atoms in total. The average molecular weight is 473 g/mol. The third-order valence-corrected chi connectivity index (χ3v) is 5.41. The van der Waals surface area contributed by atoms with E-state index in [1.54, 1.807) is 18.5 Å². The number of aliphatic hydroxyl groups excluding tert-OH is 1. The fraction of sp³-hybridized carbons (Fsp3) is 0.160. The van der Waals surface area contributed by atoms with E-state index in [0.717, 1.165) is 22.4 Å².